The van der Waals surface area contributed by atoms with Gasteiger partial charge in [0.1, 0.15) is 12.6 Å². The molecule has 0 saturated carbocycles. The van der Waals surface area contributed by atoms with Gasteiger partial charge in [0.25, 0.3) is 5.56 Å². The number of hydrogen-bond acceptors (Lipinski definition) is 6. The van der Waals surface area contributed by atoms with Crippen LogP contribution in [0, 0.1) is 6.92 Å². The van der Waals surface area contributed by atoms with Crippen LogP contribution in [0.2, 0.25) is 0 Å². The molecule has 26 heavy (non-hydrogen) atoms. The SMILES string of the molecule is Cc1cn(CC(=O)N[C@@H]2CCOC[C@H]2Oc2ccccn2)c(=O)[nH]c1=O. The minimum Gasteiger partial charge on any atom is -0.470 e. The summed E-state index contributed by atoms with van der Waals surface area (Å²) in [7, 11) is 0. The summed E-state index contributed by atoms with van der Waals surface area (Å²) in [5.74, 6) is 0.106. The van der Waals surface area contributed by atoms with Gasteiger partial charge < -0.3 is 14.8 Å². The van der Waals surface area contributed by atoms with Crippen molar-refractivity contribution in [2.45, 2.75) is 32.0 Å². The molecular formula is C17H20N4O5. The van der Waals surface area contributed by atoms with E-state index in [1.807, 2.05) is 6.07 Å². The second-order valence-electron chi connectivity index (χ2n) is 6.06. The molecule has 1 aliphatic heterocycles. The highest BCUT2D eigenvalue weighted by Gasteiger charge is 2.29. The van der Waals surface area contributed by atoms with Gasteiger partial charge in [0, 0.05) is 30.6 Å². The number of aryl methyl sites for hydroxylation is 1. The highest BCUT2D eigenvalue weighted by molar-refractivity contribution is 5.76. The van der Waals surface area contributed by atoms with E-state index in [4.69, 9.17) is 9.47 Å². The minimum absolute atomic E-state index is 0.190. The largest absolute Gasteiger partial charge is 0.470 e. The van der Waals surface area contributed by atoms with Crippen molar-refractivity contribution in [3.63, 3.8) is 0 Å². The molecular weight excluding hydrogens is 340 g/mol. The van der Waals surface area contributed by atoms with E-state index < -0.39 is 11.2 Å². The van der Waals surface area contributed by atoms with Crippen LogP contribution in [-0.2, 0) is 16.1 Å². The fourth-order valence-corrected chi connectivity index (χ4v) is 2.71. The van der Waals surface area contributed by atoms with Crippen LogP contribution < -0.4 is 21.3 Å². The molecule has 1 amide bonds. The van der Waals surface area contributed by atoms with Crippen LogP contribution in [0.3, 0.4) is 0 Å². The van der Waals surface area contributed by atoms with Gasteiger partial charge in [-0.2, -0.15) is 0 Å². The predicted molar refractivity (Wildman–Crippen MR) is 92.1 cm³/mol. The summed E-state index contributed by atoms with van der Waals surface area (Å²) in [6, 6.07) is 5.06. The van der Waals surface area contributed by atoms with Crippen LogP contribution in [0.1, 0.15) is 12.0 Å². The third-order valence-corrected chi connectivity index (χ3v) is 4.06. The Morgan fingerprint density at radius 2 is 2.31 bits per heavy atom. The lowest BCUT2D eigenvalue weighted by atomic mass is 10.1. The number of hydrogen-bond donors (Lipinski definition) is 2. The minimum atomic E-state index is -0.621. The Morgan fingerprint density at radius 1 is 1.46 bits per heavy atom. The third-order valence-electron chi connectivity index (χ3n) is 4.06. The lowest BCUT2D eigenvalue weighted by Crippen LogP contribution is -2.52. The topological polar surface area (TPSA) is 115 Å². The number of aromatic nitrogens is 3. The monoisotopic (exact) mass is 360 g/mol. The summed E-state index contributed by atoms with van der Waals surface area (Å²) in [4.78, 5) is 41.8. The van der Waals surface area contributed by atoms with E-state index in [0.29, 0.717) is 31.1 Å². The van der Waals surface area contributed by atoms with Gasteiger partial charge >= 0.3 is 5.69 Å². The van der Waals surface area contributed by atoms with Crippen molar-refractivity contribution in [3.05, 3.63) is 57.0 Å². The first-order valence-electron chi connectivity index (χ1n) is 8.28. The number of carbonyl (C=O) groups excluding carboxylic acids is 1. The van der Waals surface area contributed by atoms with E-state index >= 15 is 0 Å². The average Bonchev–Trinajstić information content (AvgIpc) is 2.62. The number of nitrogens with zero attached hydrogens (tertiary/aromatic N) is 2. The van der Waals surface area contributed by atoms with E-state index in [1.165, 1.54) is 10.8 Å². The molecule has 3 heterocycles. The second-order valence-corrected chi connectivity index (χ2v) is 6.06. The summed E-state index contributed by atoms with van der Waals surface area (Å²) in [5.41, 5.74) is -0.719. The number of carbonyl (C=O) groups is 1. The number of nitrogens with one attached hydrogen (secondary N) is 2. The number of ether oxygens (including phenoxy) is 2. The van der Waals surface area contributed by atoms with Crippen LogP contribution in [0.4, 0.5) is 0 Å². The first-order valence-corrected chi connectivity index (χ1v) is 8.28. The number of amides is 1. The molecule has 2 atom stereocenters. The molecule has 2 aromatic rings. The maximum absolute atomic E-state index is 12.4. The van der Waals surface area contributed by atoms with Crippen LogP contribution in [0.25, 0.3) is 0 Å². The van der Waals surface area contributed by atoms with Gasteiger partial charge in [-0.05, 0) is 19.4 Å². The molecule has 0 bridgehead atoms. The van der Waals surface area contributed by atoms with E-state index in [1.54, 1.807) is 25.3 Å². The Bertz CT molecular complexity index is 877. The lowest BCUT2D eigenvalue weighted by Gasteiger charge is -2.32. The zero-order valence-corrected chi connectivity index (χ0v) is 14.3. The normalized spacial score (nSPS) is 19.7. The fourth-order valence-electron chi connectivity index (χ4n) is 2.71. The lowest BCUT2D eigenvalue weighted by molar-refractivity contribution is -0.124. The van der Waals surface area contributed by atoms with Crippen molar-refractivity contribution in [1.82, 2.24) is 19.9 Å². The molecule has 0 radical (unpaired) electrons. The number of H-pyrrole nitrogens is 1. The molecule has 3 rings (SSSR count). The highest BCUT2D eigenvalue weighted by atomic mass is 16.5. The maximum atomic E-state index is 12.4. The maximum Gasteiger partial charge on any atom is 0.328 e. The number of pyridine rings is 1. The van der Waals surface area contributed by atoms with Crippen LogP contribution in [0.15, 0.2) is 40.2 Å². The Kier molecular flexibility index (Phi) is 5.47. The standard InChI is InChI=1S/C17H20N4O5/c1-11-8-21(17(24)20-16(11)23)9-14(22)19-12-5-7-25-10-13(12)26-15-4-2-3-6-18-15/h2-4,6,8,12-13H,5,7,9-10H2,1H3,(H,19,22)(H,20,23,24)/t12-,13-/m1/s1. The van der Waals surface area contributed by atoms with Crippen LogP contribution in [0.5, 0.6) is 5.88 Å². The summed E-state index contributed by atoms with van der Waals surface area (Å²) >= 11 is 0. The summed E-state index contributed by atoms with van der Waals surface area (Å²) in [5, 5.41) is 2.88. The molecule has 9 heteroatoms. The molecule has 1 saturated heterocycles. The van der Waals surface area contributed by atoms with Crippen molar-refractivity contribution in [2.24, 2.45) is 0 Å². The highest BCUT2D eigenvalue weighted by Crippen LogP contribution is 2.15. The zero-order chi connectivity index (χ0) is 18.5. The molecule has 1 aliphatic rings. The fraction of sp³-hybridized carbons (Fsp3) is 0.412. The van der Waals surface area contributed by atoms with Crippen LogP contribution in [-0.4, -0.2) is 45.8 Å². The number of rotatable bonds is 5. The molecule has 1 fully saturated rings. The molecule has 0 spiro atoms. The summed E-state index contributed by atoms with van der Waals surface area (Å²) in [6.07, 6.45) is 3.20. The van der Waals surface area contributed by atoms with E-state index in [9.17, 15) is 14.4 Å². The van der Waals surface area contributed by atoms with Crippen molar-refractivity contribution in [1.29, 1.82) is 0 Å². The third kappa shape index (κ3) is 4.37. The summed E-state index contributed by atoms with van der Waals surface area (Å²) in [6.45, 7) is 2.22. The van der Waals surface area contributed by atoms with Crippen molar-refractivity contribution < 1.29 is 14.3 Å². The van der Waals surface area contributed by atoms with E-state index in [-0.39, 0.29) is 24.6 Å². The quantitative estimate of drug-likeness (QED) is 0.749. The zero-order valence-electron chi connectivity index (χ0n) is 14.3. The average molecular weight is 360 g/mol. The summed E-state index contributed by atoms with van der Waals surface area (Å²) < 4.78 is 12.4. The molecule has 9 nitrogen and oxygen atoms in total. The molecule has 138 valence electrons. The predicted octanol–water partition coefficient (Wildman–Crippen LogP) is -0.407. The first-order chi connectivity index (χ1) is 12.5. The Hall–Kier alpha value is -2.94. The Labute approximate surface area is 149 Å². The van der Waals surface area contributed by atoms with Gasteiger partial charge in [0.2, 0.25) is 11.8 Å². The van der Waals surface area contributed by atoms with Gasteiger partial charge in [0.15, 0.2) is 0 Å². The van der Waals surface area contributed by atoms with Crippen molar-refractivity contribution in [3.8, 4) is 5.88 Å². The second kappa shape index (κ2) is 7.96. The van der Waals surface area contributed by atoms with Gasteiger partial charge in [-0.1, -0.05) is 6.07 Å². The van der Waals surface area contributed by atoms with Crippen LogP contribution >= 0.6 is 0 Å². The molecule has 2 N–H and O–H groups in total. The Morgan fingerprint density at radius 3 is 3.08 bits per heavy atom. The molecule has 2 aromatic heterocycles. The first kappa shape index (κ1) is 17.9. The molecule has 0 aliphatic carbocycles. The van der Waals surface area contributed by atoms with Crippen molar-refractivity contribution >= 4 is 5.91 Å². The Balaban J connectivity index is 1.66. The number of aromatic amines is 1. The van der Waals surface area contributed by atoms with Gasteiger partial charge in [-0.3, -0.25) is 19.1 Å². The van der Waals surface area contributed by atoms with Gasteiger partial charge in [-0.15, -0.1) is 0 Å². The van der Waals surface area contributed by atoms with Gasteiger partial charge in [0.05, 0.1) is 12.6 Å². The van der Waals surface area contributed by atoms with E-state index in [2.05, 4.69) is 15.3 Å². The smallest absolute Gasteiger partial charge is 0.328 e. The van der Waals surface area contributed by atoms with Gasteiger partial charge in [-0.25, -0.2) is 9.78 Å². The van der Waals surface area contributed by atoms with Crippen molar-refractivity contribution in [2.75, 3.05) is 13.2 Å². The molecule has 0 aromatic carbocycles. The van der Waals surface area contributed by atoms with E-state index in [0.717, 1.165) is 0 Å². The molecule has 0 unspecified atom stereocenters.